The van der Waals surface area contributed by atoms with Gasteiger partial charge >= 0.3 is 0 Å². The quantitative estimate of drug-likeness (QED) is 0.668. The first kappa shape index (κ1) is 10.1. The van der Waals surface area contributed by atoms with Crippen molar-refractivity contribution in [2.45, 2.75) is 6.92 Å². The van der Waals surface area contributed by atoms with Gasteiger partial charge in [0.2, 0.25) is 0 Å². The average molecular weight is 185 g/mol. The van der Waals surface area contributed by atoms with Crippen molar-refractivity contribution in [2.75, 3.05) is 18.0 Å². The molecule has 0 radical (unpaired) electrons. The molecule has 0 saturated carbocycles. The molecule has 3 nitrogen and oxygen atoms in total. The summed E-state index contributed by atoms with van der Waals surface area (Å²) in [6.07, 6.45) is 6.85. The predicted octanol–water partition coefficient (Wildman–Crippen LogP) is 1.41. The molecule has 0 amide bonds. The topological polar surface area (TPSA) is 39.9 Å². The van der Waals surface area contributed by atoms with E-state index in [1.807, 2.05) is 11.8 Å². The molecule has 1 rings (SSSR count). The lowest BCUT2D eigenvalue weighted by Gasteiger charge is -2.18. The minimum absolute atomic E-state index is 0.512. The van der Waals surface area contributed by atoms with Gasteiger partial charge in [0.1, 0.15) is 5.82 Å². The summed E-state index contributed by atoms with van der Waals surface area (Å²) in [5, 5.41) is 8.71. The summed E-state index contributed by atoms with van der Waals surface area (Å²) in [7, 11) is 0. The maximum absolute atomic E-state index is 8.71. The highest BCUT2D eigenvalue weighted by Crippen LogP contribution is 2.11. The van der Waals surface area contributed by atoms with Gasteiger partial charge in [0.15, 0.2) is 0 Å². The number of rotatable bonds is 3. The fraction of sp³-hybridized carbons (Fsp3) is 0.273. The van der Waals surface area contributed by atoms with E-state index in [2.05, 4.69) is 17.0 Å². The van der Waals surface area contributed by atoms with Gasteiger partial charge in [-0.25, -0.2) is 4.98 Å². The molecule has 3 heteroatoms. The molecule has 0 bridgehead atoms. The van der Waals surface area contributed by atoms with Gasteiger partial charge < -0.3 is 4.90 Å². The van der Waals surface area contributed by atoms with Crippen molar-refractivity contribution < 1.29 is 0 Å². The van der Waals surface area contributed by atoms with Gasteiger partial charge in [0, 0.05) is 12.7 Å². The summed E-state index contributed by atoms with van der Waals surface area (Å²) >= 11 is 0. The van der Waals surface area contributed by atoms with E-state index in [4.69, 9.17) is 11.7 Å². The molecule has 1 aromatic rings. The number of anilines is 1. The average Bonchev–Trinajstić information content (AvgIpc) is 2.26. The van der Waals surface area contributed by atoms with E-state index in [0.29, 0.717) is 12.1 Å². The number of aromatic nitrogens is 1. The van der Waals surface area contributed by atoms with Crippen molar-refractivity contribution in [1.82, 2.24) is 4.98 Å². The smallest absolute Gasteiger partial charge is 0.130 e. The first-order valence-electron chi connectivity index (χ1n) is 4.36. The lowest BCUT2D eigenvalue weighted by atomic mass is 10.3. The Hall–Kier alpha value is -2.00. The van der Waals surface area contributed by atoms with Crippen LogP contribution in [-0.4, -0.2) is 18.1 Å². The van der Waals surface area contributed by atoms with Crippen LogP contribution in [0.5, 0.6) is 0 Å². The van der Waals surface area contributed by atoms with Gasteiger partial charge in [-0.05, 0) is 19.1 Å². The molecule has 0 fully saturated rings. The molecule has 0 unspecified atom stereocenters. The minimum atomic E-state index is 0.512. The molecule has 0 aliphatic carbocycles. The van der Waals surface area contributed by atoms with Crippen molar-refractivity contribution in [1.29, 1.82) is 5.26 Å². The number of pyridine rings is 1. The second-order valence-electron chi connectivity index (χ2n) is 2.73. The van der Waals surface area contributed by atoms with Crippen LogP contribution in [0.4, 0.5) is 5.82 Å². The summed E-state index contributed by atoms with van der Waals surface area (Å²) in [5.74, 6) is 3.31. The second-order valence-corrected chi connectivity index (χ2v) is 2.73. The van der Waals surface area contributed by atoms with Crippen molar-refractivity contribution in [2.24, 2.45) is 0 Å². The highest BCUT2D eigenvalue weighted by Gasteiger charge is 2.03. The van der Waals surface area contributed by atoms with Gasteiger partial charge in [0.25, 0.3) is 0 Å². The Labute approximate surface area is 84.0 Å². The van der Waals surface area contributed by atoms with Crippen LogP contribution < -0.4 is 4.90 Å². The standard InChI is InChI=1S/C11H11N3/c1-3-7-14(4-2)11-8-10(9-12)5-6-13-11/h1,5-6,8H,4,7H2,2H3. The van der Waals surface area contributed by atoms with Crippen LogP contribution in [0.3, 0.4) is 0 Å². The maximum atomic E-state index is 8.71. The molecule has 1 heterocycles. The monoisotopic (exact) mass is 185 g/mol. The SMILES string of the molecule is C#CCN(CC)c1cc(C#N)ccn1. The lowest BCUT2D eigenvalue weighted by molar-refractivity contribution is 0.892. The predicted molar refractivity (Wildman–Crippen MR) is 55.7 cm³/mol. The Balaban J connectivity index is 2.94. The zero-order valence-corrected chi connectivity index (χ0v) is 8.07. The molecule has 0 atom stereocenters. The Morgan fingerprint density at radius 1 is 1.64 bits per heavy atom. The van der Waals surface area contributed by atoms with Crippen molar-refractivity contribution >= 4 is 5.82 Å². The summed E-state index contributed by atoms with van der Waals surface area (Å²) in [5.41, 5.74) is 0.602. The van der Waals surface area contributed by atoms with Gasteiger partial charge in [-0.3, -0.25) is 0 Å². The Morgan fingerprint density at radius 2 is 2.43 bits per heavy atom. The van der Waals surface area contributed by atoms with Crippen LogP contribution in [0.15, 0.2) is 18.3 Å². The van der Waals surface area contributed by atoms with Crippen molar-refractivity contribution in [3.63, 3.8) is 0 Å². The van der Waals surface area contributed by atoms with Crippen LogP contribution in [0.2, 0.25) is 0 Å². The molecule has 0 aliphatic heterocycles. The number of terminal acetylenes is 1. The molecular weight excluding hydrogens is 174 g/mol. The Morgan fingerprint density at radius 3 is 3.00 bits per heavy atom. The van der Waals surface area contributed by atoms with Gasteiger partial charge in [-0.2, -0.15) is 5.26 Å². The van der Waals surface area contributed by atoms with E-state index in [1.165, 1.54) is 0 Å². The molecule has 70 valence electrons. The van der Waals surface area contributed by atoms with E-state index in [9.17, 15) is 0 Å². The van der Waals surface area contributed by atoms with E-state index in [0.717, 1.165) is 12.4 Å². The molecule has 14 heavy (non-hydrogen) atoms. The number of hydrogen-bond acceptors (Lipinski definition) is 3. The third kappa shape index (κ3) is 2.24. The fourth-order valence-electron chi connectivity index (χ4n) is 1.13. The van der Waals surface area contributed by atoms with E-state index in [-0.39, 0.29) is 0 Å². The number of nitriles is 1. The summed E-state index contributed by atoms with van der Waals surface area (Å²) in [6, 6.07) is 5.48. The normalized spacial score (nSPS) is 8.79. The number of nitrogens with zero attached hydrogens (tertiary/aromatic N) is 3. The molecule has 0 N–H and O–H groups in total. The molecule has 1 aromatic heterocycles. The Bertz CT molecular complexity index is 384. The molecule has 0 aromatic carbocycles. The van der Waals surface area contributed by atoms with Gasteiger partial charge in [-0.15, -0.1) is 6.42 Å². The zero-order chi connectivity index (χ0) is 10.4. The zero-order valence-electron chi connectivity index (χ0n) is 8.07. The lowest BCUT2D eigenvalue weighted by Crippen LogP contribution is -2.23. The van der Waals surface area contributed by atoms with Gasteiger partial charge in [0.05, 0.1) is 18.2 Å². The summed E-state index contributed by atoms with van der Waals surface area (Å²) < 4.78 is 0. The van der Waals surface area contributed by atoms with Crippen LogP contribution in [0, 0.1) is 23.7 Å². The van der Waals surface area contributed by atoms with Crippen LogP contribution >= 0.6 is 0 Å². The van der Waals surface area contributed by atoms with Crippen LogP contribution in [0.1, 0.15) is 12.5 Å². The van der Waals surface area contributed by atoms with Crippen LogP contribution in [-0.2, 0) is 0 Å². The first-order chi connectivity index (χ1) is 6.81. The third-order valence-electron chi connectivity index (χ3n) is 1.86. The maximum Gasteiger partial charge on any atom is 0.130 e. The van der Waals surface area contributed by atoms with Crippen LogP contribution in [0.25, 0.3) is 0 Å². The summed E-state index contributed by atoms with van der Waals surface area (Å²) in [6.45, 7) is 3.29. The van der Waals surface area contributed by atoms with Gasteiger partial charge in [-0.1, -0.05) is 5.92 Å². The second kappa shape index (κ2) is 4.89. The minimum Gasteiger partial charge on any atom is -0.346 e. The van der Waals surface area contributed by atoms with Crippen molar-refractivity contribution in [3.8, 4) is 18.4 Å². The largest absolute Gasteiger partial charge is 0.346 e. The Kier molecular flexibility index (Phi) is 3.52. The van der Waals surface area contributed by atoms with E-state index in [1.54, 1.807) is 18.3 Å². The number of hydrogen-bond donors (Lipinski definition) is 0. The molecular formula is C11H11N3. The molecule has 0 aliphatic rings. The highest BCUT2D eigenvalue weighted by atomic mass is 15.2. The third-order valence-corrected chi connectivity index (χ3v) is 1.86. The highest BCUT2D eigenvalue weighted by molar-refractivity contribution is 5.45. The van der Waals surface area contributed by atoms with Crippen molar-refractivity contribution in [3.05, 3.63) is 23.9 Å². The van der Waals surface area contributed by atoms with E-state index >= 15 is 0 Å². The summed E-state index contributed by atoms with van der Waals surface area (Å²) in [4.78, 5) is 6.09. The fourth-order valence-corrected chi connectivity index (χ4v) is 1.13. The molecule has 0 spiro atoms. The van der Waals surface area contributed by atoms with E-state index < -0.39 is 0 Å². The molecule has 0 saturated heterocycles. The first-order valence-corrected chi connectivity index (χ1v) is 4.36.